The van der Waals surface area contributed by atoms with Crippen molar-refractivity contribution in [2.75, 3.05) is 0 Å². The Kier molecular flexibility index (Phi) is 3.80. The average molecular weight is 321 g/mol. The van der Waals surface area contributed by atoms with E-state index in [-0.39, 0.29) is 15.7 Å². The largest absolute Gasteiger partial charge is 0.231 e. The van der Waals surface area contributed by atoms with Crippen molar-refractivity contribution in [2.45, 2.75) is 17.1 Å². The Morgan fingerprint density at radius 1 is 1.26 bits per heavy atom. The molecule has 0 aliphatic carbocycles. The number of nitrogens with zero attached hydrogens (tertiary/aromatic N) is 4. The van der Waals surface area contributed by atoms with E-state index in [9.17, 15) is 8.42 Å². The number of rotatable bonds is 3. The predicted octanol–water partition coefficient (Wildman–Crippen LogP) is 2.05. The number of hydrogen-bond donors (Lipinski definition) is 0. The number of hydrogen-bond acceptors (Lipinski definition) is 5. The minimum absolute atomic E-state index is 0.0809. The Hall–Kier alpha value is -1.18. The highest BCUT2D eigenvalue weighted by Crippen LogP contribution is 2.31. The van der Waals surface area contributed by atoms with Crippen molar-refractivity contribution in [3.05, 3.63) is 34.1 Å². The summed E-state index contributed by atoms with van der Waals surface area (Å²) in [6, 6.07) is 4.17. The molecular weight excluding hydrogens is 311 g/mol. The quantitative estimate of drug-likeness (QED) is 0.864. The molecule has 0 radical (unpaired) electrons. The number of benzene rings is 1. The summed E-state index contributed by atoms with van der Waals surface area (Å²) in [5.41, 5.74) is 0. The summed E-state index contributed by atoms with van der Waals surface area (Å²) in [5, 5.41) is 10.4. The molecule has 0 bridgehead atoms. The minimum atomic E-state index is -3.63. The number of sulfone groups is 1. The van der Waals surface area contributed by atoms with Gasteiger partial charge in [-0.3, -0.25) is 0 Å². The lowest BCUT2D eigenvalue weighted by molar-refractivity contribution is 0.576. The molecule has 1 aromatic carbocycles. The maximum absolute atomic E-state index is 12.4. The molecule has 6 nitrogen and oxygen atoms in total. The van der Waals surface area contributed by atoms with Crippen molar-refractivity contribution in [2.24, 2.45) is 7.05 Å². The number of tetrazole rings is 1. The van der Waals surface area contributed by atoms with Crippen LogP contribution in [0.1, 0.15) is 18.0 Å². The maximum atomic E-state index is 12.4. The number of halogens is 2. The van der Waals surface area contributed by atoms with Crippen LogP contribution in [0.5, 0.6) is 0 Å². The Morgan fingerprint density at radius 3 is 2.47 bits per heavy atom. The fourth-order valence-corrected chi connectivity index (χ4v) is 3.37. The van der Waals surface area contributed by atoms with E-state index in [0.717, 1.165) is 0 Å². The Labute approximate surface area is 120 Å². The molecule has 102 valence electrons. The first-order valence-corrected chi connectivity index (χ1v) is 7.55. The van der Waals surface area contributed by atoms with Crippen LogP contribution in [0.2, 0.25) is 10.0 Å². The van der Waals surface area contributed by atoms with E-state index in [1.54, 1.807) is 7.05 Å². The van der Waals surface area contributed by atoms with Gasteiger partial charge in [-0.1, -0.05) is 23.2 Å². The molecule has 1 heterocycles. The lowest BCUT2D eigenvalue weighted by atomic mass is 10.4. The van der Waals surface area contributed by atoms with E-state index in [2.05, 4.69) is 15.5 Å². The summed E-state index contributed by atoms with van der Waals surface area (Å²) in [6.07, 6.45) is 0. The second kappa shape index (κ2) is 5.07. The van der Waals surface area contributed by atoms with Gasteiger partial charge in [0.05, 0.1) is 14.9 Å². The van der Waals surface area contributed by atoms with Crippen molar-refractivity contribution in [3.8, 4) is 0 Å². The Bertz CT molecular complexity index is 714. The molecule has 0 saturated carbocycles. The van der Waals surface area contributed by atoms with Crippen molar-refractivity contribution >= 4 is 33.0 Å². The van der Waals surface area contributed by atoms with Crippen molar-refractivity contribution in [1.29, 1.82) is 0 Å². The van der Waals surface area contributed by atoms with Gasteiger partial charge < -0.3 is 0 Å². The molecule has 9 heteroatoms. The molecule has 19 heavy (non-hydrogen) atoms. The van der Waals surface area contributed by atoms with E-state index in [1.165, 1.54) is 29.8 Å². The summed E-state index contributed by atoms with van der Waals surface area (Å²) < 4.78 is 26.2. The summed E-state index contributed by atoms with van der Waals surface area (Å²) in [6.45, 7) is 1.52. The van der Waals surface area contributed by atoms with Crippen molar-refractivity contribution < 1.29 is 8.42 Å². The fourth-order valence-electron chi connectivity index (χ4n) is 1.58. The smallest absolute Gasteiger partial charge is 0.188 e. The van der Waals surface area contributed by atoms with Crippen LogP contribution in [0.3, 0.4) is 0 Å². The molecular formula is C10H10Cl2N4O2S. The van der Waals surface area contributed by atoms with Crippen molar-refractivity contribution in [3.63, 3.8) is 0 Å². The molecule has 0 aliphatic heterocycles. The third kappa shape index (κ3) is 2.58. The first-order valence-electron chi connectivity index (χ1n) is 5.25. The zero-order valence-electron chi connectivity index (χ0n) is 10.1. The molecule has 0 spiro atoms. The van der Waals surface area contributed by atoms with Gasteiger partial charge in [0.1, 0.15) is 5.25 Å². The topological polar surface area (TPSA) is 77.7 Å². The van der Waals surface area contributed by atoms with Gasteiger partial charge in [-0.25, -0.2) is 13.1 Å². The van der Waals surface area contributed by atoms with E-state index in [1.807, 2.05) is 0 Å². The van der Waals surface area contributed by atoms with Crippen LogP contribution in [-0.4, -0.2) is 28.6 Å². The van der Waals surface area contributed by atoms with Crippen LogP contribution in [0.4, 0.5) is 0 Å². The van der Waals surface area contributed by atoms with Gasteiger partial charge in [0.25, 0.3) is 0 Å². The molecule has 2 rings (SSSR count). The Balaban J connectivity index is 2.48. The molecule has 1 atom stereocenters. The van der Waals surface area contributed by atoms with Crippen molar-refractivity contribution in [1.82, 2.24) is 20.2 Å². The summed E-state index contributed by atoms with van der Waals surface area (Å²) in [5.74, 6) is 0.256. The maximum Gasteiger partial charge on any atom is 0.188 e. The molecule has 0 amide bonds. The average Bonchev–Trinajstić information content (AvgIpc) is 2.77. The molecule has 0 fully saturated rings. The lowest BCUT2D eigenvalue weighted by Gasteiger charge is -2.11. The summed E-state index contributed by atoms with van der Waals surface area (Å²) >= 11 is 11.6. The molecule has 2 aromatic rings. The summed E-state index contributed by atoms with van der Waals surface area (Å²) in [7, 11) is -2.05. The monoisotopic (exact) mass is 320 g/mol. The van der Waals surface area contributed by atoms with E-state index < -0.39 is 15.1 Å². The Morgan fingerprint density at radius 2 is 1.95 bits per heavy atom. The van der Waals surface area contributed by atoms with Crippen LogP contribution in [-0.2, 0) is 16.9 Å². The van der Waals surface area contributed by atoms with E-state index in [4.69, 9.17) is 23.2 Å². The third-order valence-electron chi connectivity index (χ3n) is 2.70. The molecule has 0 N–H and O–H groups in total. The van der Waals surface area contributed by atoms with Crippen LogP contribution in [0, 0.1) is 0 Å². The minimum Gasteiger partial charge on any atom is -0.231 e. The standard InChI is InChI=1S/C10H10Cl2N4O2S/c1-6(10-13-14-15-16(10)2)19(17,18)7-3-4-8(11)9(12)5-7/h3-6H,1-2H3. The zero-order chi connectivity index (χ0) is 14.2. The number of aromatic nitrogens is 4. The van der Waals surface area contributed by atoms with Gasteiger partial charge in [0.15, 0.2) is 15.7 Å². The predicted molar refractivity (Wildman–Crippen MR) is 70.9 cm³/mol. The summed E-state index contributed by atoms with van der Waals surface area (Å²) in [4.78, 5) is 0.0809. The second-order valence-electron chi connectivity index (χ2n) is 3.92. The van der Waals surface area contributed by atoms with E-state index >= 15 is 0 Å². The molecule has 1 unspecified atom stereocenters. The SMILES string of the molecule is CC(c1nnnn1C)S(=O)(=O)c1ccc(Cl)c(Cl)c1. The van der Waals surface area contributed by atoms with Gasteiger partial charge in [-0.05, 0) is 35.5 Å². The first kappa shape index (κ1) is 14.2. The van der Waals surface area contributed by atoms with Gasteiger partial charge in [-0.15, -0.1) is 5.10 Å². The molecule has 1 aromatic heterocycles. The van der Waals surface area contributed by atoms with Crippen LogP contribution in [0.25, 0.3) is 0 Å². The van der Waals surface area contributed by atoms with Crippen LogP contribution < -0.4 is 0 Å². The van der Waals surface area contributed by atoms with Gasteiger partial charge in [0.2, 0.25) is 0 Å². The van der Waals surface area contributed by atoms with E-state index in [0.29, 0.717) is 5.02 Å². The highest BCUT2D eigenvalue weighted by atomic mass is 35.5. The normalized spacial score (nSPS) is 13.5. The van der Waals surface area contributed by atoms with Crippen LogP contribution in [0.15, 0.2) is 23.1 Å². The lowest BCUT2D eigenvalue weighted by Crippen LogP contribution is -2.15. The first-order chi connectivity index (χ1) is 8.84. The molecule has 0 aliphatic rings. The van der Waals surface area contributed by atoms with Gasteiger partial charge in [-0.2, -0.15) is 0 Å². The van der Waals surface area contributed by atoms with Crippen LogP contribution >= 0.6 is 23.2 Å². The highest BCUT2D eigenvalue weighted by molar-refractivity contribution is 7.91. The van der Waals surface area contributed by atoms with Gasteiger partial charge in [0, 0.05) is 7.05 Å². The molecule has 0 saturated heterocycles. The third-order valence-corrected chi connectivity index (χ3v) is 5.49. The highest BCUT2D eigenvalue weighted by Gasteiger charge is 2.29. The number of aryl methyl sites for hydroxylation is 1. The zero-order valence-corrected chi connectivity index (χ0v) is 12.4. The second-order valence-corrected chi connectivity index (χ2v) is 7.01. The van der Waals surface area contributed by atoms with Gasteiger partial charge >= 0.3 is 0 Å². The fraction of sp³-hybridized carbons (Fsp3) is 0.300.